The first kappa shape index (κ1) is 25.2. The van der Waals surface area contributed by atoms with E-state index in [1.807, 2.05) is 6.07 Å². The Kier molecular flexibility index (Phi) is 8.27. The zero-order valence-electron chi connectivity index (χ0n) is 20.6. The molecular formula is C30H34O4. The van der Waals surface area contributed by atoms with Crippen LogP contribution in [-0.4, -0.2) is 22.2 Å². The van der Waals surface area contributed by atoms with E-state index in [4.69, 9.17) is 0 Å². The SMILES string of the molecule is Cc1ccc(CCCc2ccc(C(=O)O)c(C(=O)O)c2CCCc2ccc(C)cc2C)c(C)c1. The topological polar surface area (TPSA) is 74.6 Å². The van der Waals surface area contributed by atoms with Crippen molar-refractivity contribution in [1.29, 1.82) is 0 Å². The minimum atomic E-state index is -1.20. The summed E-state index contributed by atoms with van der Waals surface area (Å²) >= 11 is 0. The molecule has 0 fully saturated rings. The summed E-state index contributed by atoms with van der Waals surface area (Å²) in [5.41, 5.74) is 8.90. The highest BCUT2D eigenvalue weighted by Crippen LogP contribution is 2.25. The lowest BCUT2D eigenvalue weighted by molar-refractivity contribution is 0.0650. The van der Waals surface area contributed by atoms with Crippen LogP contribution in [0.2, 0.25) is 0 Å². The molecule has 0 saturated heterocycles. The van der Waals surface area contributed by atoms with E-state index in [1.165, 1.54) is 39.4 Å². The van der Waals surface area contributed by atoms with E-state index in [2.05, 4.69) is 64.1 Å². The molecule has 0 aliphatic rings. The molecule has 178 valence electrons. The molecule has 3 aromatic rings. The molecule has 0 bridgehead atoms. The van der Waals surface area contributed by atoms with Crippen LogP contribution in [0.5, 0.6) is 0 Å². The molecule has 3 aromatic carbocycles. The van der Waals surface area contributed by atoms with E-state index in [1.54, 1.807) is 0 Å². The minimum absolute atomic E-state index is 0.0582. The maximum absolute atomic E-state index is 12.1. The maximum atomic E-state index is 12.1. The Morgan fingerprint density at radius 2 is 1.09 bits per heavy atom. The fourth-order valence-electron chi connectivity index (χ4n) is 4.81. The van der Waals surface area contributed by atoms with E-state index < -0.39 is 11.9 Å². The summed E-state index contributed by atoms with van der Waals surface area (Å²) in [5.74, 6) is -2.37. The smallest absolute Gasteiger partial charge is 0.336 e. The molecule has 0 spiro atoms. The van der Waals surface area contributed by atoms with Crippen LogP contribution in [0.1, 0.15) is 78.1 Å². The molecule has 0 atom stereocenters. The third-order valence-electron chi connectivity index (χ3n) is 6.62. The summed E-state index contributed by atoms with van der Waals surface area (Å²) < 4.78 is 0. The summed E-state index contributed by atoms with van der Waals surface area (Å²) in [5, 5.41) is 19.5. The van der Waals surface area contributed by atoms with Gasteiger partial charge in [0, 0.05) is 0 Å². The number of carbonyl (C=O) groups is 2. The van der Waals surface area contributed by atoms with Crippen molar-refractivity contribution in [3.05, 3.63) is 104 Å². The van der Waals surface area contributed by atoms with Gasteiger partial charge in [-0.05, 0) is 106 Å². The zero-order chi connectivity index (χ0) is 24.8. The van der Waals surface area contributed by atoms with Gasteiger partial charge in [-0.1, -0.05) is 53.6 Å². The second kappa shape index (κ2) is 11.1. The van der Waals surface area contributed by atoms with Crippen molar-refractivity contribution in [2.24, 2.45) is 0 Å². The third kappa shape index (κ3) is 6.13. The number of benzene rings is 3. The van der Waals surface area contributed by atoms with Crippen molar-refractivity contribution in [1.82, 2.24) is 0 Å². The number of hydrogen-bond acceptors (Lipinski definition) is 2. The van der Waals surface area contributed by atoms with Gasteiger partial charge < -0.3 is 10.2 Å². The predicted octanol–water partition coefficient (Wildman–Crippen LogP) is 6.67. The first-order valence-corrected chi connectivity index (χ1v) is 11.9. The van der Waals surface area contributed by atoms with Crippen LogP contribution in [0.25, 0.3) is 0 Å². The van der Waals surface area contributed by atoms with Crippen LogP contribution in [0.3, 0.4) is 0 Å². The summed E-state index contributed by atoms with van der Waals surface area (Å²) in [6.45, 7) is 8.36. The van der Waals surface area contributed by atoms with Crippen LogP contribution < -0.4 is 0 Å². The van der Waals surface area contributed by atoms with Crippen LogP contribution in [0, 0.1) is 27.7 Å². The molecule has 0 aliphatic carbocycles. The monoisotopic (exact) mass is 458 g/mol. The Morgan fingerprint density at radius 1 is 0.618 bits per heavy atom. The Hall–Kier alpha value is -3.40. The Balaban J connectivity index is 1.83. The summed E-state index contributed by atoms with van der Waals surface area (Å²) in [6.07, 6.45) is 4.61. The number of carboxylic acids is 2. The van der Waals surface area contributed by atoms with E-state index in [9.17, 15) is 19.8 Å². The van der Waals surface area contributed by atoms with Gasteiger partial charge in [-0.3, -0.25) is 0 Å². The standard InChI is InChI=1S/C30H34O4/c1-19-11-13-23(21(3)17-19)7-5-9-25-15-16-27(29(31)32)28(30(33)34)26(25)10-6-8-24-14-12-20(2)18-22(24)4/h11-18H,5-10H2,1-4H3,(H,31,32)(H,33,34). The van der Waals surface area contributed by atoms with Crippen LogP contribution in [0.4, 0.5) is 0 Å². The first-order valence-electron chi connectivity index (χ1n) is 11.9. The number of hydrogen-bond donors (Lipinski definition) is 2. The molecule has 4 nitrogen and oxygen atoms in total. The van der Waals surface area contributed by atoms with Gasteiger partial charge in [0.15, 0.2) is 0 Å². The number of aromatic carboxylic acids is 2. The fourth-order valence-corrected chi connectivity index (χ4v) is 4.81. The summed E-state index contributed by atoms with van der Waals surface area (Å²) in [4.78, 5) is 23.9. The van der Waals surface area contributed by atoms with E-state index in [-0.39, 0.29) is 11.1 Å². The highest BCUT2D eigenvalue weighted by Gasteiger charge is 2.22. The normalized spacial score (nSPS) is 10.9. The molecule has 0 heterocycles. The van der Waals surface area contributed by atoms with Crippen molar-refractivity contribution < 1.29 is 19.8 Å². The molecule has 0 saturated carbocycles. The maximum Gasteiger partial charge on any atom is 0.336 e. The van der Waals surface area contributed by atoms with Crippen LogP contribution in [-0.2, 0) is 25.7 Å². The van der Waals surface area contributed by atoms with Gasteiger partial charge in [0.2, 0.25) is 0 Å². The van der Waals surface area contributed by atoms with E-state index in [0.717, 1.165) is 31.2 Å². The molecule has 4 heteroatoms. The van der Waals surface area contributed by atoms with Crippen molar-refractivity contribution in [2.75, 3.05) is 0 Å². The number of rotatable bonds is 10. The third-order valence-corrected chi connectivity index (χ3v) is 6.62. The molecule has 2 N–H and O–H groups in total. The van der Waals surface area contributed by atoms with Crippen LogP contribution in [0.15, 0.2) is 48.5 Å². The second-order valence-electron chi connectivity index (χ2n) is 9.30. The van der Waals surface area contributed by atoms with Crippen molar-refractivity contribution >= 4 is 11.9 Å². The molecule has 0 unspecified atom stereocenters. The quantitative estimate of drug-likeness (QED) is 0.356. The van der Waals surface area contributed by atoms with E-state index >= 15 is 0 Å². The lowest BCUT2D eigenvalue weighted by Crippen LogP contribution is -2.14. The molecule has 3 rings (SSSR count). The van der Waals surface area contributed by atoms with Gasteiger partial charge >= 0.3 is 11.9 Å². The molecule has 0 aromatic heterocycles. The van der Waals surface area contributed by atoms with Gasteiger partial charge in [0.1, 0.15) is 0 Å². The second-order valence-corrected chi connectivity index (χ2v) is 9.30. The van der Waals surface area contributed by atoms with Crippen molar-refractivity contribution in [3.63, 3.8) is 0 Å². The average Bonchev–Trinajstić information content (AvgIpc) is 2.76. The van der Waals surface area contributed by atoms with Crippen molar-refractivity contribution in [3.8, 4) is 0 Å². The van der Waals surface area contributed by atoms with Gasteiger partial charge in [-0.25, -0.2) is 9.59 Å². The van der Waals surface area contributed by atoms with Gasteiger partial charge in [-0.2, -0.15) is 0 Å². The van der Waals surface area contributed by atoms with E-state index in [0.29, 0.717) is 18.4 Å². The van der Waals surface area contributed by atoms with Crippen LogP contribution >= 0.6 is 0 Å². The summed E-state index contributed by atoms with van der Waals surface area (Å²) in [7, 11) is 0. The zero-order valence-corrected chi connectivity index (χ0v) is 20.6. The molecular weight excluding hydrogens is 424 g/mol. The summed E-state index contributed by atoms with van der Waals surface area (Å²) in [6, 6.07) is 16.1. The minimum Gasteiger partial charge on any atom is -0.478 e. The lowest BCUT2D eigenvalue weighted by Gasteiger charge is -2.16. The van der Waals surface area contributed by atoms with Gasteiger partial charge in [0.25, 0.3) is 0 Å². The number of carboxylic acid groups (broad SMARTS) is 2. The lowest BCUT2D eigenvalue weighted by atomic mass is 9.88. The Labute approximate surface area is 202 Å². The van der Waals surface area contributed by atoms with Gasteiger partial charge in [-0.15, -0.1) is 0 Å². The molecule has 0 radical (unpaired) electrons. The fraction of sp³-hybridized carbons (Fsp3) is 0.333. The highest BCUT2D eigenvalue weighted by molar-refractivity contribution is 6.03. The first-order chi connectivity index (χ1) is 16.2. The molecule has 0 aliphatic heterocycles. The number of aryl methyl sites for hydroxylation is 7. The van der Waals surface area contributed by atoms with Crippen molar-refractivity contribution in [2.45, 2.75) is 66.2 Å². The molecule has 34 heavy (non-hydrogen) atoms. The molecule has 0 amide bonds. The Morgan fingerprint density at radius 3 is 1.56 bits per heavy atom. The van der Waals surface area contributed by atoms with Gasteiger partial charge in [0.05, 0.1) is 11.1 Å². The largest absolute Gasteiger partial charge is 0.478 e. The highest BCUT2D eigenvalue weighted by atomic mass is 16.4. The Bertz CT molecular complexity index is 1210. The predicted molar refractivity (Wildman–Crippen MR) is 136 cm³/mol. The average molecular weight is 459 g/mol.